The van der Waals surface area contributed by atoms with E-state index in [1.807, 2.05) is 56.3 Å². The maximum Gasteiger partial charge on any atom is 0.431 e. The standard InChI is InChI=1S/C24H32N4O5/c1-17(14-25(5)6)26-16-28(23(31)33-24(2,3)4)27-13-12-19(29)21(20(27)22(26)30)32-15-18-10-8-7-9-11-18/h7-13,17H,14-16H2,1-6H3. The number of nitrogens with zero attached hydrogens (tertiary/aromatic N) is 4. The number of hydrogen-bond acceptors (Lipinski definition) is 6. The zero-order chi connectivity index (χ0) is 24.3. The van der Waals surface area contributed by atoms with Gasteiger partial charge in [-0.3, -0.25) is 9.59 Å². The minimum atomic E-state index is -0.732. The van der Waals surface area contributed by atoms with Gasteiger partial charge < -0.3 is 19.3 Å². The van der Waals surface area contributed by atoms with Crippen molar-refractivity contribution >= 4 is 12.0 Å². The number of hydrogen-bond donors (Lipinski definition) is 0. The fraction of sp³-hybridized carbons (Fsp3) is 0.458. The van der Waals surface area contributed by atoms with E-state index >= 15 is 0 Å². The third-order valence-electron chi connectivity index (χ3n) is 5.04. The van der Waals surface area contributed by atoms with Crippen LogP contribution in [0.3, 0.4) is 0 Å². The number of ether oxygens (including phenoxy) is 2. The van der Waals surface area contributed by atoms with Gasteiger partial charge in [-0.15, -0.1) is 0 Å². The Morgan fingerprint density at radius 1 is 1.12 bits per heavy atom. The lowest BCUT2D eigenvalue weighted by atomic mass is 10.2. The first-order valence-electron chi connectivity index (χ1n) is 10.9. The van der Waals surface area contributed by atoms with Crippen molar-refractivity contribution in [3.05, 3.63) is 64.1 Å². The van der Waals surface area contributed by atoms with Crippen molar-refractivity contribution < 1.29 is 19.1 Å². The summed E-state index contributed by atoms with van der Waals surface area (Å²) in [4.78, 5) is 42.9. The highest BCUT2D eigenvalue weighted by atomic mass is 16.6. The lowest BCUT2D eigenvalue weighted by molar-refractivity contribution is 0.0404. The van der Waals surface area contributed by atoms with Crippen molar-refractivity contribution in [2.24, 2.45) is 0 Å². The van der Waals surface area contributed by atoms with Crippen LogP contribution in [0.25, 0.3) is 0 Å². The van der Waals surface area contributed by atoms with Crippen LogP contribution in [-0.2, 0) is 11.3 Å². The van der Waals surface area contributed by atoms with Gasteiger partial charge in [0.1, 0.15) is 18.9 Å². The summed E-state index contributed by atoms with van der Waals surface area (Å²) in [6.07, 6.45) is 0.777. The highest BCUT2D eigenvalue weighted by molar-refractivity contribution is 5.98. The van der Waals surface area contributed by atoms with Gasteiger partial charge in [0.2, 0.25) is 5.43 Å². The van der Waals surface area contributed by atoms with E-state index in [0.717, 1.165) is 5.56 Å². The maximum atomic E-state index is 13.6. The van der Waals surface area contributed by atoms with E-state index in [0.29, 0.717) is 6.54 Å². The molecule has 2 heterocycles. The molecule has 1 aromatic heterocycles. The zero-order valence-corrected chi connectivity index (χ0v) is 20.1. The number of rotatable bonds is 6. The number of amides is 2. The van der Waals surface area contributed by atoms with Crippen LogP contribution in [0.2, 0.25) is 0 Å². The summed E-state index contributed by atoms with van der Waals surface area (Å²) >= 11 is 0. The fourth-order valence-electron chi connectivity index (χ4n) is 3.61. The van der Waals surface area contributed by atoms with Gasteiger partial charge in [-0.25, -0.2) is 9.47 Å². The number of likely N-dealkylation sites (N-methyl/N-ethyl adjacent to an activating group) is 1. The molecule has 1 aliphatic rings. The lowest BCUT2D eigenvalue weighted by Crippen LogP contribution is -2.60. The summed E-state index contributed by atoms with van der Waals surface area (Å²) in [5.74, 6) is -0.480. The number of aromatic nitrogens is 1. The molecule has 1 aromatic carbocycles. The lowest BCUT2D eigenvalue weighted by Gasteiger charge is -2.41. The van der Waals surface area contributed by atoms with Crippen LogP contribution in [-0.4, -0.2) is 65.4 Å². The van der Waals surface area contributed by atoms with Gasteiger partial charge in [-0.1, -0.05) is 30.3 Å². The highest BCUT2D eigenvalue weighted by Crippen LogP contribution is 2.25. The molecule has 3 rings (SSSR count). The van der Waals surface area contributed by atoms with Gasteiger partial charge in [0.05, 0.1) is 0 Å². The van der Waals surface area contributed by atoms with E-state index in [1.165, 1.54) is 21.9 Å². The van der Waals surface area contributed by atoms with Crippen molar-refractivity contribution in [2.75, 3.05) is 32.3 Å². The minimum Gasteiger partial charge on any atom is -0.482 e. The zero-order valence-electron chi connectivity index (χ0n) is 20.1. The summed E-state index contributed by atoms with van der Waals surface area (Å²) in [7, 11) is 3.81. The molecule has 0 N–H and O–H groups in total. The molecule has 2 amide bonds. The quantitative estimate of drug-likeness (QED) is 0.665. The molecular weight excluding hydrogens is 424 g/mol. The second-order valence-corrected chi connectivity index (χ2v) is 9.38. The van der Waals surface area contributed by atoms with Crippen LogP contribution in [0.5, 0.6) is 5.75 Å². The first-order valence-corrected chi connectivity index (χ1v) is 10.9. The minimum absolute atomic E-state index is 0.00106. The third kappa shape index (κ3) is 5.73. The number of benzene rings is 1. The Hall–Kier alpha value is -3.33. The van der Waals surface area contributed by atoms with Crippen LogP contribution in [0.15, 0.2) is 47.4 Å². The van der Waals surface area contributed by atoms with Crippen LogP contribution in [0.1, 0.15) is 43.7 Å². The molecule has 0 radical (unpaired) electrons. The van der Waals surface area contributed by atoms with Gasteiger partial charge in [-0.2, -0.15) is 5.01 Å². The normalized spacial score (nSPS) is 14.8. The predicted octanol–water partition coefficient (Wildman–Crippen LogP) is 2.66. The monoisotopic (exact) mass is 456 g/mol. The van der Waals surface area contributed by atoms with Crippen LogP contribution in [0, 0.1) is 0 Å². The summed E-state index contributed by atoms with van der Waals surface area (Å²) in [6, 6.07) is 10.4. The highest BCUT2D eigenvalue weighted by Gasteiger charge is 2.39. The van der Waals surface area contributed by atoms with Gasteiger partial charge in [0, 0.05) is 24.8 Å². The van der Waals surface area contributed by atoms with Crippen molar-refractivity contribution in [2.45, 2.75) is 45.9 Å². The molecular formula is C24H32N4O5. The maximum absolute atomic E-state index is 13.6. The van der Waals surface area contributed by atoms with Gasteiger partial charge in [0.25, 0.3) is 5.91 Å². The largest absolute Gasteiger partial charge is 0.482 e. The summed E-state index contributed by atoms with van der Waals surface area (Å²) in [5.41, 5.74) is -0.313. The fourth-order valence-corrected chi connectivity index (χ4v) is 3.61. The first-order chi connectivity index (χ1) is 15.5. The second kappa shape index (κ2) is 9.66. The van der Waals surface area contributed by atoms with Crippen molar-refractivity contribution in [3.63, 3.8) is 0 Å². The van der Waals surface area contributed by atoms with Crippen molar-refractivity contribution in [3.8, 4) is 5.75 Å². The molecule has 1 atom stereocenters. The molecule has 0 bridgehead atoms. The average molecular weight is 457 g/mol. The van der Waals surface area contributed by atoms with Gasteiger partial charge in [0.15, 0.2) is 11.4 Å². The molecule has 9 heteroatoms. The predicted molar refractivity (Wildman–Crippen MR) is 125 cm³/mol. The Morgan fingerprint density at radius 3 is 2.39 bits per heavy atom. The molecule has 33 heavy (non-hydrogen) atoms. The SMILES string of the molecule is CC(CN(C)C)N1CN(C(=O)OC(C)(C)C)n2ccc(=O)c(OCc3ccccc3)c2C1=O. The van der Waals surface area contributed by atoms with Gasteiger partial charge in [-0.05, 0) is 47.4 Å². The van der Waals surface area contributed by atoms with Crippen molar-refractivity contribution in [1.82, 2.24) is 14.5 Å². The third-order valence-corrected chi connectivity index (χ3v) is 5.04. The molecule has 1 unspecified atom stereocenters. The molecule has 0 spiro atoms. The van der Waals surface area contributed by atoms with E-state index in [1.54, 1.807) is 25.7 Å². The Morgan fingerprint density at radius 2 is 1.79 bits per heavy atom. The molecule has 0 fully saturated rings. The summed E-state index contributed by atoms with van der Waals surface area (Å²) in [6.45, 7) is 7.88. The molecule has 0 saturated carbocycles. The number of fused-ring (bicyclic) bond motifs is 1. The first kappa shape index (κ1) is 24.3. The van der Waals surface area contributed by atoms with Gasteiger partial charge >= 0.3 is 6.09 Å². The number of carbonyl (C=O) groups excluding carboxylic acids is 2. The second-order valence-electron chi connectivity index (χ2n) is 9.38. The Balaban J connectivity index is 2.06. The Kier molecular flexibility index (Phi) is 7.12. The Labute approximate surface area is 194 Å². The molecule has 9 nitrogen and oxygen atoms in total. The van der Waals surface area contributed by atoms with E-state index in [2.05, 4.69) is 0 Å². The molecule has 0 saturated heterocycles. The molecule has 1 aliphatic heterocycles. The Bertz CT molecular complexity index is 1060. The topological polar surface area (TPSA) is 84.3 Å². The molecule has 0 aliphatic carbocycles. The van der Waals surface area contributed by atoms with E-state index < -0.39 is 17.1 Å². The summed E-state index contributed by atoms with van der Waals surface area (Å²) in [5, 5.41) is 1.31. The van der Waals surface area contributed by atoms with Crippen LogP contribution in [0.4, 0.5) is 4.79 Å². The number of pyridine rings is 1. The molecule has 2 aromatic rings. The molecule has 178 valence electrons. The van der Waals surface area contributed by atoms with Crippen LogP contribution < -0.4 is 15.2 Å². The summed E-state index contributed by atoms with van der Waals surface area (Å²) < 4.78 is 12.8. The van der Waals surface area contributed by atoms with E-state index in [9.17, 15) is 14.4 Å². The number of carbonyl (C=O) groups is 2. The smallest absolute Gasteiger partial charge is 0.431 e. The average Bonchev–Trinajstić information content (AvgIpc) is 2.72. The van der Waals surface area contributed by atoms with E-state index in [-0.39, 0.29) is 36.7 Å². The van der Waals surface area contributed by atoms with E-state index in [4.69, 9.17) is 9.47 Å². The van der Waals surface area contributed by atoms with Crippen LogP contribution >= 0.6 is 0 Å². The van der Waals surface area contributed by atoms with Crippen molar-refractivity contribution in [1.29, 1.82) is 0 Å².